The number of aryl methyl sites for hydroxylation is 1. The number of fused-ring (bicyclic) bond motifs is 1. The first-order valence-corrected chi connectivity index (χ1v) is 7.52. The molecule has 0 aliphatic carbocycles. The zero-order chi connectivity index (χ0) is 13.6. The van der Waals surface area contributed by atoms with E-state index in [1.807, 2.05) is 25.1 Å². The lowest BCUT2D eigenvalue weighted by Gasteiger charge is -2.06. The van der Waals surface area contributed by atoms with Crippen molar-refractivity contribution in [3.63, 3.8) is 0 Å². The maximum absolute atomic E-state index is 6.23. The minimum absolute atomic E-state index is 0.459. The standard InChI is InChI=1S/C14H8Cl3NS/c1-7-18-13-4-8(2-3-14(13)19-7)9-5-11(16)12(17)6-10(9)15/h2-6H,1H3. The van der Waals surface area contributed by atoms with E-state index >= 15 is 0 Å². The minimum atomic E-state index is 0.459. The van der Waals surface area contributed by atoms with Gasteiger partial charge in [-0.3, -0.25) is 0 Å². The quantitative estimate of drug-likeness (QED) is 0.482. The van der Waals surface area contributed by atoms with Gasteiger partial charge in [-0.15, -0.1) is 11.3 Å². The van der Waals surface area contributed by atoms with Crippen molar-refractivity contribution < 1.29 is 0 Å². The highest BCUT2D eigenvalue weighted by Crippen LogP contribution is 2.36. The third-order valence-corrected chi connectivity index (χ3v) is 4.80. The molecule has 0 fully saturated rings. The molecule has 3 aromatic rings. The molecule has 0 N–H and O–H groups in total. The zero-order valence-electron chi connectivity index (χ0n) is 9.88. The fourth-order valence-corrected chi connectivity index (χ4v) is 3.42. The molecule has 0 bridgehead atoms. The van der Waals surface area contributed by atoms with Crippen LogP contribution in [0.2, 0.25) is 15.1 Å². The van der Waals surface area contributed by atoms with E-state index in [1.165, 1.54) is 0 Å². The summed E-state index contributed by atoms with van der Waals surface area (Å²) in [6, 6.07) is 9.54. The fourth-order valence-electron chi connectivity index (χ4n) is 1.95. The number of hydrogen-bond acceptors (Lipinski definition) is 2. The second-order valence-electron chi connectivity index (χ2n) is 4.16. The first kappa shape index (κ1) is 13.2. The molecule has 0 radical (unpaired) electrons. The number of rotatable bonds is 1. The van der Waals surface area contributed by atoms with Crippen LogP contribution in [0.15, 0.2) is 30.3 Å². The van der Waals surface area contributed by atoms with E-state index in [-0.39, 0.29) is 0 Å². The lowest BCUT2D eigenvalue weighted by atomic mass is 10.1. The van der Waals surface area contributed by atoms with E-state index in [9.17, 15) is 0 Å². The molecule has 3 rings (SSSR count). The van der Waals surface area contributed by atoms with E-state index < -0.39 is 0 Å². The maximum atomic E-state index is 6.23. The molecule has 2 aromatic carbocycles. The highest BCUT2D eigenvalue weighted by Gasteiger charge is 2.10. The number of hydrogen-bond donors (Lipinski definition) is 0. The van der Waals surface area contributed by atoms with E-state index in [4.69, 9.17) is 34.8 Å². The molecule has 0 aliphatic heterocycles. The van der Waals surface area contributed by atoms with E-state index in [2.05, 4.69) is 4.98 Å². The van der Waals surface area contributed by atoms with Crippen LogP contribution in [-0.4, -0.2) is 4.98 Å². The summed E-state index contributed by atoms with van der Waals surface area (Å²) in [6.45, 7) is 2.00. The molecule has 5 heteroatoms. The van der Waals surface area contributed by atoms with Crippen LogP contribution in [0.4, 0.5) is 0 Å². The first-order chi connectivity index (χ1) is 9.04. The van der Waals surface area contributed by atoms with Crippen LogP contribution in [0.25, 0.3) is 21.3 Å². The summed E-state index contributed by atoms with van der Waals surface area (Å²) in [6.07, 6.45) is 0. The Morgan fingerprint density at radius 1 is 0.947 bits per heavy atom. The van der Waals surface area contributed by atoms with Crippen molar-refractivity contribution in [1.29, 1.82) is 0 Å². The van der Waals surface area contributed by atoms with Crippen molar-refractivity contribution in [3.05, 3.63) is 50.4 Å². The molecule has 0 aliphatic rings. The molecule has 1 aromatic heterocycles. The molecule has 0 amide bonds. The molecule has 0 saturated heterocycles. The van der Waals surface area contributed by atoms with Gasteiger partial charge in [-0.05, 0) is 36.8 Å². The molecule has 1 heterocycles. The Balaban J connectivity index is 2.21. The second kappa shape index (κ2) is 4.95. The lowest BCUT2D eigenvalue weighted by Crippen LogP contribution is -1.81. The van der Waals surface area contributed by atoms with Crippen LogP contribution >= 0.6 is 46.1 Å². The number of benzene rings is 2. The van der Waals surface area contributed by atoms with Gasteiger partial charge in [-0.1, -0.05) is 40.9 Å². The number of halogens is 3. The minimum Gasteiger partial charge on any atom is -0.241 e. The number of thiazole rings is 1. The largest absolute Gasteiger partial charge is 0.241 e. The van der Waals surface area contributed by atoms with Gasteiger partial charge in [0.2, 0.25) is 0 Å². The van der Waals surface area contributed by atoms with Gasteiger partial charge in [-0.25, -0.2) is 4.98 Å². The van der Waals surface area contributed by atoms with Crippen LogP contribution < -0.4 is 0 Å². The summed E-state index contributed by atoms with van der Waals surface area (Å²) in [5.41, 5.74) is 2.83. The van der Waals surface area contributed by atoms with Gasteiger partial charge >= 0.3 is 0 Å². The zero-order valence-corrected chi connectivity index (χ0v) is 13.0. The van der Waals surface area contributed by atoms with Crippen molar-refractivity contribution in [2.24, 2.45) is 0 Å². The highest BCUT2D eigenvalue weighted by molar-refractivity contribution is 7.18. The Hall–Kier alpha value is -0.800. The molecule has 19 heavy (non-hydrogen) atoms. The first-order valence-electron chi connectivity index (χ1n) is 5.57. The van der Waals surface area contributed by atoms with Crippen molar-refractivity contribution in [1.82, 2.24) is 4.98 Å². The maximum Gasteiger partial charge on any atom is 0.0907 e. The Morgan fingerprint density at radius 2 is 1.68 bits per heavy atom. The lowest BCUT2D eigenvalue weighted by molar-refractivity contribution is 1.35. The third-order valence-electron chi connectivity index (χ3n) is 2.82. The average molecular weight is 329 g/mol. The van der Waals surface area contributed by atoms with Crippen molar-refractivity contribution in [3.8, 4) is 11.1 Å². The Morgan fingerprint density at radius 3 is 2.47 bits per heavy atom. The van der Waals surface area contributed by atoms with Crippen LogP contribution in [0.1, 0.15) is 5.01 Å². The molecule has 0 unspecified atom stereocenters. The monoisotopic (exact) mass is 327 g/mol. The van der Waals surface area contributed by atoms with Gasteiger partial charge in [0.1, 0.15) is 0 Å². The molecule has 0 spiro atoms. The topological polar surface area (TPSA) is 12.9 Å². The van der Waals surface area contributed by atoms with Gasteiger partial charge in [0.25, 0.3) is 0 Å². The summed E-state index contributed by atoms with van der Waals surface area (Å²) >= 11 is 19.9. The summed E-state index contributed by atoms with van der Waals surface area (Å²) in [5.74, 6) is 0. The van der Waals surface area contributed by atoms with Gasteiger partial charge in [0.05, 0.1) is 25.3 Å². The Kier molecular flexibility index (Phi) is 3.44. The Bertz CT molecular complexity index is 780. The predicted octanol–water partition coefficient (Wildman–Crippen LogP) is 6.23. The van der Waals surface area contributed by atoms with Crippen LogP contribution in [0.5, 0.6) is 0 Å². The van der Waals surface area contributed by atoms with E-state index in [0.29, 0.717) is 15.1 Å². The van der Waals surface area contributed by atoms with E-state index in [0.717, 1.165) is 26.4 Å². The molecular formula is C14H8Cl3NS. The molecule has 1 nitrogen and oxygen atoms in total. The van der Waals surface area contributed by atoms with Crippen LogP contribution in [-0.2, 0) is 0 Å². The van der Waals surface area contributed by atoms with Crippen molar-refractivity contribution >= 4 is 56.4 Å². The molecule has 0 saturated carbocycles. The van der Waals surface area contributed by atoms with Crippen molar-refractivity contribution in [2.75, 3.05) is 0 Å². The highest BCUT2D eigenvalue weighted by atomic mass is 35.5. The molecular weight excluding hydrogens is 321 g/mol. The third kappa shape index (κ3) is 2.46. The van der Waals surface area contributed by atoms with E-state index in [1.54, 1.807) is 23.5 Å². The SMILES string of the molecule is Cc1nc2cc(-c3cc(Cl)c(Cl)cc3Cl)ccc2s1. The number of aromatic nitrogens is 1. The van der Waals surface area contributed by atoms with Gasteiger partial charge in [0.15, 0.2) is 0 Å². The van der Waals surface area contributed by atoms with Gasteiger partial charge in [0, 0.05) is 10.6 Å². The predicted molar refractivity (Wildman–Crippen MR) is 84.8 cm³/mol. The Labute approximate surface area is 129 Å². The van der Waals surface area contributed by atoms with Crippen LogP contribution in [0, 0.1) is 6.92 Å². The molecule has 96 valence electrons. The summed E-state index contributed by atoms with van der Waals surface area (Å²) in [7, 11) is 0. The van der Waals surface area contributed by atoms with Gasteiger partial charge in [-0.2, -0.15) is 0 Å². The van der Waals surface area contributed by atoms with Crippen molar-refractivity contribution in [2.45, 2.75) is 6.92 Å². The number of nitrogens with zero attached hydrogens (tertiary/aromatic N) is 1. The average Bonchev–Trinajstić information content (AvgIpc) is 2.72. The summed E-state index contributed by atoms with van der Waals surface area (Å²) < 4.78 is 1.16. The van der Waals surface area contributed by atoms with Crippen LogP contribution in [0.3, 0.4) is 0 Å². The molecule has 0 atom stereocenters. The fraction of sp³-hybridized carbons (Fsp3) is 0.0714. The smallest absolute Gasteiger partial charge is 0.0907 e. The summed E-state index contributed by atoms with van der Waals surface area (Å²) in [4.78, 5) is 4.49. The van der Waals surface area contributed by atoms with Gasteiger partial charge < -0.3 is 0 Å². The summed E-state index contributed by atoms with van der Waals surface area (Å²) in [5, 5.41) is 2.59. The second-order valence-corrected chi connectivity index (χ2v) is 6.62. The normalized spacial score (nSPS) is 11.2.